The molecule has 0 radical (unpaired) electrons. The quantitative estimate of drug-likeness (QED) is 0.536. The van der Waals surface area contributed by atoms with Crippen molar-refractivity contribution in [1.82, 2.24) is 0 Å². The van der Waals surface area contributed by atoms with Gasteiger partial charge in [0.1, 0.15) is 0 Å². The second kappa shape index (κ2) is 3.42. The molecule has 0 heteroatoms. The van der Waals surface area contributed by atoms with Gasteiger partial charge >= 0.3 is 0 Å². The molecule has 0 rings (SSSR count). The lowest BCUT2D eigenvalue weighted by atomic mass is 9.66. The topological polar surface area (TPSA) is 0 Å². The van der Waals surface area contributed by atoms with Crippen molar-refractivity contribution in [3.05, 3.63) is 12.7 Å². The minimum absolute atomic E-state index is 0.253. The Labute approximate surface area is 71.7 Å². The highest BCUT2D eigenvalue weighted by atomic mass is 14.4. The molecule has 0 aromatic rings. The van der Waals surface area contributed by atoms with E-state index in [9.17, 15) is 0 Å². The molecule has 0 spiro atoms. The van der Waals surface area contributed by atoms with E-state index >= 15 is 0 Å². The molecule has 0 aliphatic carbocycles. The van der Waals surface area contributed by atoms with Crippen LogP contribution in [0.3, 0.4) is 0 Å². The van der Waals surface area contributed by atoms with E-state index in [4.69, 9.17) is 0 Å². The molecule has 66 valence electrons. The molecule has 0 aliphatic rings. The first-order valence-corrected chi connectivity index (χ1v) is 4.51. The van der Waals surface area contributed by atoms with Crippen LogP contribution in [0.4, 0.5) is 0 Å². The van der Waals surface area contributed by atoms with Gasteiger partial charge in [-0.15, -0.1) is 6.58 Å². The third-order valence-corrected chi connectivity index (χ3v) is 3.13. The van der Waals surface area contributed by atoms with Crippen molar-refractivity contribution in [1.29, 1.82) is 0 Å². The van der Waals surface area contributed by atoms with Gasteiger partial charge in [-0.1, -0.05) is 47.1 Å². The van der Waals surface area contributed by atoms with Crippen molar-refractivity contribution in [3.63, 3.8) is 0 Å². The summed E-state index contributed by atoms with van der Waals surface area (Å²) in [5.41, 5.74) is 0.631. The zero-order chi connectivity index (χ0) is 9.12. The minimum atomic E-state index is 0.253. The first-order valence-electron chi connectivity index (χ1n) is 4.51. The Balaban J connectivity index is 4.38. The molecule has 11 heavy (non-hydrogen) atoms. The van der Waals surface area contributed by atoms with Gasteiger partial charge in [0.05, 0.1) is 0 Å². The fourth-order valence-corrected chi connectivity index (χ4v) is 1.22. The fourth-order valence-electron chi connectivity index (χ4n) is 1.22. The minimum Gasteiger partial charge on any atom is -0.103 e. The molecule has 0 saturated carbocycles. The Morgan fingerprint density at radius 1 is 1.18 bits per heavy atom. The lowest BCUT2D eigenvalue weighted by molar-refractivity contribution is 0.150. The lowest BCUT2D eigenvalue weighted by Crippen LogP contribution is -2.30. The van der Waals surface area contributed by atoms with Gasteiger partial charge in [0, 0.05) is 0 Å². The highest BCUT2D eigenvalue weighted by molar-refractivity contribution is 4.97. The van der Waals surface area contributed by atoms with Crippen LogP contribution in [0.2, 0.25) is 0 Å². The molecule has 0 heterocycles. The third kappa shape index (κ3) is 2.36. The monoisotopic (exact) mass is 154 g/mol. The molecular formula is C11H22. The standard InChI is InChI=1S/C11H22/c1-7-9-11(5,6)10(3,4)8-2/h8H,2,7,9H2,1,3-6H3. The van der Waals surface area contributed by atoms with Crippen molar-refractivity contribution in [2.24, 2.45) is 10.8 Å². The maximum Gasteiger partial charge on any atom is -0.0126 e. The van der Waals surface area contributed by atoms with Gasteiger partial charge in [0.25, 0.3) is 0 Å². The summed E-state index contributed by atoms with van der Waals surface area (Å²) in [6.07, 6.45) is 4.60. The van der Waals surface area contributed by atoms with E-state index in [1.165, 1.54) is 12.8 Å². The van der Waals surface area contributed by atoms with Gasteiger partial charge in [0.15, 0.2) is 0 Å². The number of rotatable bonds is 4. The summed E-state index contributed by atoms with van der Waals surface area (Å²) in [6, 6.07) is 0. The molecular weight excluding hydrogens is 132 g/mol. The maximum atomic E-state index is 3.88. The van der Waals surface area contributed by atoms with Crippen LogP contribution < -0.4 is 0 Å². The number of hydrogen-bond acceptors (Lipinski definition) is 0. The summed E-state index contributed by atoms with van der Waals surface area (Å²) >= 11 is 0. The SMILES string of the molecule is C=CC(C)(C)C(C)(C)CCC. The third-order valence-electron chi connectivity index (χ3n) is 3.13. The molecule has 0 fully saturated rings. The second-order valence-electron chi connectivity index (χ2n) is 4.56. The van der Waals surface area contributed by atoms with Crippen LogP contribution in [0.1, 0.15) is 47.5 Å². The van der Waals surface area contributed by atoms with Gasteiger partial charge in [-0.3, -0.25) is 0 Å². The molecule has 0 unspecified atom stereocenters. The Morgan fingerprint density at radius 3 is 1.91 bits per heavy atom. The average Bonchev–Trinajstić information content (AvgIpc) is 1.87. The Bertz CT molecular complexity index is 129. The van der Waals surface area contributed by atoms with E-state index in [1.54, 1.807) is 0 Å². The van der Waals surface area contributed by atoms with Gasteiger partial charge in [-0.05, 0) is 17.3 Å². The van der Waals surface area contributed by atoms with Crippen LogP contribution in [0.25, 0.3) is 0 Å². The average molecular weight is 154 g/mol. The summed E-state index contributed by atoms with van der Waals surface area (Å²) in [6.45, 7) is 15.3. The highest BCUT2D eigenvalue weighted by Gasteiger charge is 2.32. The van der Waals surface area contributed by atoms with E-state index in [1.807, 2.05) is 0 Å². The van der Waals surface area contributed by atoms with Crippen LogP contribution in [-0.2, 0) is 0 Å². The molecule has 0 amide bonds. The molecule has 0 aromatic carbocycles. The molecule has 0 N–H and O–H groups in total. The van der Waals surface area contributed by atoms with Crippen LogP contribution in [0.5, 0.6) is 0 Å². The molecule has 0 aliphatic heterocycles. The summed E-state index contributed by atoms with van der Waals surface area (Å²) in [7, 11) is 0. The smallest absolute Gasteiger partial charge is 0.0126 e. The van der Waals surface area contributed by atoms with Crippen LogP contribution in [0.15, 0.2) is 12.7 Å². The summed E-state index contributed by atoms with van der Waals surface area (Å²) < 4.78 is 0. The van der Waals surface area contributed by atoms with Crippen molar-refractivity contribution >= 4 is 0 Å². The fraction of sp³-hybridized carbons (Fsp3) is 0.818. The van der Waals surface area contributed by atoms with E-state index in [2.05, 4.69) is 47.3 Å². The van der Waals surface area contributed by atoms with E-state index < -0.39 is 0 Å². The molecule has 0 bridgehead atoms. The highest BCUT2D eigenvalue weighted by Crippen LogP contribution is 2.42. The maximum absolute atomic E-state index is 3.88. The van der Waals surface area contributed by atoms with Crippen molar-refractivity contribution in [2.45, 2.75) is 47.5 Å². The van der Waals surface area contributed by atoms with Gasteiger partial charge in [-0.25, -0.2) is 0 Å². The van der Waals surface area contributed by atoms with Crippen LogP contribution in [0, 0.1) is 10.8 Å². The van der Waals surface area contributed by atoms with Crippen molar-refractivity contribution < 1.29 is 0 Å². The Morgan fingerprint density at radius 2 is 1.64 bits per heavy atom. The van der Waals surface area contributed by atoms with E-state index in [0.717, 1.165) is 0 Å². The van der Waals surface area contributed by atoms with Crippen LogP contribution >= 0.6 is 0 Å². The first kappa shape index (κ1) is 10.7. The second-order valence-corrected chi connectivity index (χ2v) is 4.56. The number of allylic oxidation sites excluding steroid dienone is 1. The zero-order valence-corrected chi connectivity index (χ0v) is 8.70. The largest absolute Gasteiger partial charge is 0.103 e. The van der Waals surface area contributed by atoms with Crippen LogP contribution in [-0.4, -0.2) is 0 Å². The van der Waals surface area contributed by atoms with Gasteiger partial charge < -0.3 is 0 Å². The number of hydrogen-bond donors (Lipinski definition) is 0. The van der Waals surface area contributed by atoms with Crippen molar-refractivity contribution in [3.8, 4) is 0 Å². The molecule has 0 saturated heterocycles. The zero-order valence-electron chi connectivity index (χ0n) is 8.70. The predicted octanol–water partition coefficient (Wildman–Crippen LogP) is 4.02. The first-order chi connectivity index (χ1) is 4.87. The molecule has 0 aromatic heterocycles. The molecule has 0 atom stereocenters. The van der Waals surface area contributed by atoms with E-state index in [0.29, 0.717) is 5.41 Å². The van der Waals surface area contributed by atoms with E-state index in [-0.39, 0.29) is 5.41 Å². The lowest BCUT2D eigenvalue weighted by Gasteiger charge is -2.39. The summed E-state index contributed by atoms with van der Waals surface area (Å²) in [5, 5.41) is 0. The van der Waals surface area contributed by atoms with Gasteiger partial charge in [0.2, 0.25) is 0 Å². The Kier molecular flexibility index (Phi) is 3.34. The summed E-state index contributed by atoms with van der Waals surface area (Å²) in [5.74, 6) is 0. The van der Waals surface area contributed by atoms with Crippen molar-refractivity contribution in [2.75, 3.05) is 0 Å². The predicted molar refractivity (Wildman–Crippen MR) is 52.7 cm³/mol. The molecule has 0 nitrogen and oxygen atoms in total. The normalized spacial score (nSPS) is 13.2. The van der Waals surface area contributed by atoms with Gasteiger partial charge in [-0.2, -0.15) is 0 Å². The summed E-state index contributed by atoms with van der Waals surface area (Å²) in [4.78, 5) is 0. The Hall–Kier alpha value is -0.260.